The number of carbonyl (C=O) groups is 2. The summed E-state index contributed by atoms with van der Waals surface area (Å²) >= 11 is 5.57. The van der Waals surface area contributed by atoms with Gasteiger partial charge in [0.2, 0.25) is 0 Å². The van der Waals surface area contributed by atoms with Gasteiger partial charge in [0, 0.05) is 10.6 Å². The van der Waals surface area contributed by atoms with Crippen molar-refractivity contribution in [1.29, 1.82) is 0 Å². The molecule has 90 valence electrons. The zero-order chi connectivity index (χ0) is 12.6. The highest BCUT2D eigenvalue weighted by molar-refractivity contribution is 6.30. The molecule has 1 aromatic rings. The van der Waals surface area contributed by atoms with Crippen molar-refractivity contribution in [2.75, 3.05) is 6.54 Å². The van der Waals surface area contributed by atoms with Crippen LogP contribution in [0.4, 0.5) is 9.18 Å². The quantitative estimate of drug-likeness (QED) is 0.844. The Balaban J connectivity index is 2.54. The van der Waals surface area contributed by atoms with Gasteiger partial charge in [0.15, 0.2) is 0 Å². The van der Waals surface area contributed by atoms with E-state index in [4.69, 9.17) is 16.7 Å². The fourth-order valence-electron chi connectivity index (χ4n) is 1.63. The van der Waals surface area contributed by atoms with Gasteiger partial charge in [0.05, 0.1) is 6.54 Å². The number of rotatable bonds is 2. The standard InChI is InChI=1S/C10H7ClFNO4/c11-5-1-2-6(7(12)3-5)10(8(14)15)4-13-9(16)17-10/h1-3H,4H2,(H,13,16)(H,14,15). The molecule has 0 bridgehead atoms. The number of amides is 1. The molecule has 2 N–H and O–H groups in total. The lowest BCUT2D eigenvalue weighted by Crippen LogP contribution is -2.40. The van der Waals surface area contributed by atoms with Crippen molar-refractivity contribution < 1.29 is 23.8 Å². The number of halogens is 2. The molecule has 0 radical (unpaired) electrons. The fraction of sp³-hybridized carbons (Fsp3) is 0.200. The van der Waals surface area contributed by atoms with Crippen molar-refractivity contribution in [3.63, 3.8) is 0 Å². The molecule has 0 aromatic heterocycles. The van der Waals surface area contributed by atoms with Crippen molar-refractivity contribution in [2.24, 2.45) is 0 Å². The first-order valence-corrected chi connectivity index (χ1v) is 4.99. The lowest BCUT2D eigenvalue weighted by Gasteiger charge is -2.22. The highest BCUT2D eigenvalue weighted by Gasteiger charge is 2.51. The Bertz CT molecular complexity index is 507. The first kappa shape index (κ1) is 11.7. The van der Waals surface area contributed by atoms with E-state index < -0.39 is 23.5 Å². The van der Waals surface area contributed by atoms with Crippen LogP contribution in [0, 0.1) is 5.82 Å². The molecular weight excluding hydrogens is 253 g/mol. The van der Waals surface area contributed by atoms with Gasteiger partial charge < -0.3 is 15.2 Å². The number of carboxylic acid groups (broad SMARTS) is 1. The van der Waals surface area contributed by atoms with Crippen LogP contribution in [0.15, 0.2) is 18.2 Å². The third-order valence-electron chi connectivity index (χ3n) is 2.46. The van der Waals surface area contributed by atoms with Crippen LogP contribution < -0.4 is 5.32 Å². The maximum atomic E-state index is 13.7. The second-order valence-corrected chi connectivity index (χ2v) is 3.94. The van der Waals surface area contributed by atoms with Crippen LogP contribution in [-0.2, 0) is 15.1 Å². The van der Waals surface area contributed by atoms with Crippen molar-refractivity contribution in [1.82, 2.24) is 5.32 Å². The average molecular weight is 260 g/mol. The van der Waals surface area contributed by atoms with Gasteiger partial charge in [-0.1, -0.05) is 11.6 Å². The summed E-state index contributed by atoms with van der Waals surface area (Å²) in [6.07, 6.45) is -0.901. The van der Waals surface area contributed by atoms with E-state index in [0.717, 1.165) is 6.07 Å². The molecule has 1 amide bonds. The molecule has 17 heavy (non-hydrogen) atoms. The number of alkyl carbamates (subject to hydrolysis) is 1. The molecule has 0 saturated carbocycles. The molecule has 1 aliphatic heterocycles. The van der Waals surface area contributed by atoms with E-state index >= 15 is 0 Å². The number of aliphatic carboxylic acids is 1. The minimum Gasteiger partial charge on any atom is -0.478 e. The van der Waals surface area contributed by atoms with Gasteiger partial charge in [0.25, 0.3) is 5.60 Å². The zero-order valence-electron chi connectivity index (χ0n) is 8.37. The summed E-state index contributed by atoms with van der Waals surface area (Å²) in [6.45, 7) is -0.334. The number of carbonyl (C=O) groups excluding carboxylic acids is 1. The number of benzene rings is 1. The lowest BCUT2D eigenvalue weighted by molar-refractivity contribution is -0.155. The predicted octanol–water partition coefficient (Wildman–Crippen LogP) is 1.50. The van der Waals surface area contributed by atoms with E-state index in [1.54, 1.807) is 0 Å². The molecule has 5 nitrogen and oxygen atoms in total. The number of carboxylic acids is 1. The highest BCUT2D eigenvalue weighted by Crippen LogP contribution is 2.32. The van der Waals surface area contributed by atoms with Gasteiger partial charge in [-0.05, 0) is 18.2 Å². The monoisotopic (exact) mass is 259 g/mol. The molecule has 0 aliphatic carbocycles. The minimum atomic E-state index is -2.04. The van der Waals surface area contributed by atoms with E-state index in [1.807, 2.05) is 0 Å². The van der Waals surface area contributed by atoms with Gasteiger partial charge in [-0.3, -0.25) is 0 Å². The Labute approximate surface area is 100 Å². The first-order chi connectivity index (χ1) is 7.95. The average Bonchev–Trinajstić information content (AvgIpc) is 2.61. The summed E-state index contributed by atoms with van der Waals surface area (Å²) < 4.78 is 18.4. The van der Waals surface area contributed by atoms with Crippen LogP contribution in [0.2, 0.25) is 5.02 Å². The van der Waals surface area contributed by atoms with Gasteiger partial charge in [-0.2, -0.15) is 0 Å². The summed E-state index contributed by atoms with van der Waals surface area (Å²) in [4.78, 5) is 22.2. The van der Waals surface area contributed by atoms with E-state index in [1.165, 1.54) is 12.1 Å². The molecule has 1 aliphatic rings. The van der Waals surface area contributed by atoms with Crippen molar-refractivity contribution in [2.45, 2.75) is 5.60 Å². The van der Waals surface area contributed by atoms with Crippen molar-refractivity contribution in [3.8, 4) is 0 Å². The summed E-state index contributed by atoms with van der Waals surface area (Å²) in [5.41, 5.74) is -2.28. The predicted molar refractivity (Wildman–Crippen MR) is 55.2 cm³/mol. The van der Waals surface area contributed by atoms with Crippen molar-refractivity contribution >= 4 is 23.7 Å². The number of ether oxygens (including phenoxy) is 1. The Hall–Kier alpha value is -1.82. The minimum absolute atomic E-state index is 0.129. The molecule has 1 aromatic carbocycles. The smallest absolute Gasteiger partial charge is 0.408 e. The van der Waals surface area contributed by atoms with Gasteiger partial charge in [0.1, 0.15) is 5.82 Å². The highest BCUT2D eigenvalue weighted by atomic mass is 35.5. The van der Waals surface area contributed by atoms with E-state index in [9.17, 15) is 14.0 Å². The van der Waals surface area contributed by atoms with E-state index in [2.05, 4.69) is 10.1 Å². The maximum absolute atomic E-state index is 13.7. The van der Waals surface area contributed by atoms with Gasteiger partial charge >= 0.3 is 12.1 Å². The second kappa shape index (κ2) is 3.89. The second-order valence-electron chi connectivity index (χ2n) is 3.50. The van der Waals surface area contributed by atoms with Crippen LogP contribution in [0.25, 0.3) is 0 Å². The SMILES string of the molecule is O=C1NCC(C(=O)O)(c2ccc(Cl)cc2F)O1. The van der Waals surface area contributed by atoms with Crippen LogP contribution in [0.3, 0.4) is 0 Å². The topological polar surface area (TPSA) is 75.6 Å². The fourth-order valence-corrected chi connectivity index (χ4v) is 1.79. The molecule has 1 unspecified atom stereocenters. The Kier molecular flexibility index (Phi) is 2.66. The molecule has 1 atom stereocenters. The Morgan fingerprint density at radius 3 is 2.76 bits per heavy atom. The molecule has 7 heteroatoms. The summed E-state index contributed by atoms with van der Waals surface area (Å²) in [6, 6.07) is 3.48. The van der Waals surface area contributed by atoms with Crippen LogP contribution in [0.5, 0.6) is 0 Å². The largest absolute Gasteiger partial charge is 0.478 e. The summed E-state index contributed by atoms with van der Waals surface area (Å²) in [5.74, 6) is -2.28. The summed E-state index contributed by atoms with van der Waals surface area (Å²) in [5, 5.41) is 11.4. The normalized spacial score (nSPS) is 23.1. The van der Waals surface area contributed by atoms with Crippen LogP contribution >= 0.6 is 11.6 Å². The van der Waals surface area contributed by atoms with Gasteiger partial charge in [-0.15, -0.1) is 0 Å². The molecule has 0 spiro atoms. The first-order valence-electron chi connectivity index (χ1n) is 4.61. The van der Waals surface area contributed by atoms with Crippen LogP contribution in [-0.4, -0.2) is 23.7 Å². The molecule has 2 rings (SSSR count). The molecule has 1 fully saturated rings. The third kappa shape index (κ3) is 1.80. The maximum Gasteiger partial charge on any atom is 0.408 e. The third-order valence-corrected chi connectivity index (χ3v) is 2.70. The Morgan fingerprint density at radius 2 is 2.29 bits per heavy atom. The van der Waals surface area contributed by atoms with Gasteiger partial charge in [-0.25, -0.2) is 14.0 Å². The van der Waals surface area contributed by atoms with Crippen molar-refractivity contribution in [3.05, 3.63) is 34.6 Å². The summed E-state index contributed by atoms with van der Waals surface area (Å²) in [7, 11) is 0. The number of cyclic esters (lactones) is 1. The molecule has 1 heterocycles. The Morgan fingerprint density at radius 1 is 1.59 bits per heavy atom. The number of nitrogens with one attached hydrogen (secondary N) is 1. The molecule has 1 saturated heterocycles. The number of hydrogen-bond acceptors (Lipinski definition) is 3. The van der Waals surface area contributed by atoms with Crippen LogP contribution in [0.1, 0.15) is 5.56 Å². The lowest BCUT2D eigenvalue weighted by atomic mass is 9.93. The molecular formula is C10H7ClFNO4. The van der Waals surface area contributed by atoms with E-state index in [-0.39, 0.29) is 17.1 Å². The zero-order valence-corrected chi connectivity index (χ0v) is 9.12. The van der Waals surface area contributed by atoms with E-state index in [0.29, 0.717) is 0 Å². The number of hydrogen-bond donors (Lipinski definition) is 2.